The van der Waals surface area contributed by atoms with Crippen LogP contribution in [0, 0.1) is 0 Å². The van der Waals surface area contributed by atoms with E-state index in [1.807, 2.05) is 0 Å². The summed E-state index contributed by atoms with van der Waals surface area (Å²) in [4.78, 5) is 4.80. The lowest BCUT2D eigenvalue weighted by Gasteiger charge is -2.23. The molecule has 0 saturated carbocycles. The number of fused-ring (bicyclic) bond motifs is 1. The lowest BCUT2D eigenvalue weighted by Crippen LogP contribution is -2.37. The molecule has 0 radical (unpaired) electrons. The number of sulfonamides is 1. The number of imidazole rings is 1. The van der Waals surface area contributed by atoms with Crippen LogP contribution < -0.4 is 11.3 Å². The van der Waals surface area contributed by atoms with E-state index in [1.165, 1.54) is 15.6 Å². The number of nitrogen functional groups attached to an aromatic ring is 1. The highest BCUT2D eigenvalue weighted by molar-refractivity contribution is 7.99. The van der Waals surface area contributed by atoms with Gasteiger partial charge in [-0.25, -0.2) is 14.3 Å². The Hall–Kier alpha value is -0.810. The summed E-state index contributed by atoms with van der Waals surface area (Å²) in [6.07, 6.45) is 2.56. The summed E-state index contributed by atoms with van der Waals surface area (Å²) in [5.74, 6) is 7.42. The maximum Gasteiger partial charge on any atom is 0.262 e. The van der Waals surface area contributed by atoms with Gasteiger partial charge in [-0.05, 0) is 12.2 Å². The first kappa shape index (κ1) is 14.1. The molecular formula is C10H15N5O2S3. The molecule has 20 heavy (non-hydrogen) atoms. The topological polar surface area (TPSA) is 92.7 Å². The van der Waals surface area contributed by atoms with Gasteiger partial charge >= 0.3 is 0 Å². The van der Waals surface area contributed by atoms with Gasteiger partial charge in [0.05, 0.1) is 0 Å². The lowest BCUT2D eigenvalue weighted by molar-refractivity contribution is 0.393. The van der Waals surface area contributed by atoms with Crippen molar-refractivity contribution in [3.8, 4) is 0 Å². The fourth-order valence-electron chi connectivity index (χ4n) is 2.25. The van der Waals surface area contributed by atoms with Crippen molar-refractivity contribution in [1.82, 2.24) is 13.7 Å². The molecule has 0 aromatic carbocycles. The van der Waals surface area contributed by atoms with Crippen molar-refractivity contribution in [2.24, 2.45) is 5.84 Å². The summed E-state index contributed by atoms with van der Waals surface area (Å²) in [7, 11) is -2.01. The van der Waals surface area contributed by atoms with E-state index < -0.39 is 10.0 Å². The molecule has 1 saturated heterocycles. The molecule has 2 aromatic rings. The molecule has 1 aliphatic heterocycles. The van der Waals surface area contributed by atoms with E-state index in [-0.39, 0.29) is 16.9 Å². The SMILES string of the molecule is CN(C1CCSC1)S(=O)(=O)c1c(NN)nc2sccn12. The van der Waals surface area contributed by atoms with Crippen molar-refractivity contribution in [3.63, 3.8) is 0 Å². The zero-order valence-electron chi connectivity index (χ0n) is 10.8. The number of thiazole rings is 1. The number of aromatic nitrogens is 2. The Morgan fingerprint density at radius 3 is 3.05 bits per heavy atom. The smallest absolute Gasteiger partial charge is 0.262 e. The summed E-state index contributed by atoms with van der Waals surface area (Å²) in [6, 6.07) is 0.0276. The number of nitrogens with one attached hydrogen (secondary N) is 1. The number of anilines is 1. The molecule has 3 rings (SSSR count). The van der Waals surface area contributed by atoms with Crippen molar-refractivity contribution in [2.45, 2.75) is 17.5 Å². The average molecular weight is 333 g/mol. The molecule has 3 N–H and O–H groups in total. The minimum Gasteiger partial charge on any atom is -0.306 e. The molecule has 1 fully saturated rings. The molecule has 3 heterocycles. The normalized spacial score (nSPS) is 20.1. The van der Waals surface area contributed by atoms with Gasteiger partial charge in [-0.15, -0.1) is 11.3 Å². The van der Waals surface area contributed by atoms with E-state index in [0.29, 0.717) is 4.96 Å². The van der Waals surface area contributed by atoms with Gasteiger partial charge in [-0.2, -0.15) is 21.1 Å². The third kappa shape index (κ3) is 2.11. The average Bonchev–Trinajstić information content (AvgIpc) is 3.12. The lowest BCUT2D eigenvalue weighted by atomic mass is 10.3. The van der Waals surface area contributed by atoms with Crippen LogP contribution in [0.15, 0.2) is 16.6 Å². The van der Waals surface area contributed by atoms with E-state index in [0.717, 1.165) is 17.9 Å². The highest BCUT2D eigenvalue weighted by Crippen LogP contribution is 2.31. The van der Waals surface area contributed by atoms with Gasteiger partial charge in [0.2, 0.25) is 5.03 Å². The number of hydrazine groups is 1. The first-order chi connectivity index (χ1) is 9.55. The zero-order valence-corrected chi connectivity index (χ0v) is 13.3. The van der Waals surface area contributed by atoms with Crippen molar-refractivity contribution in [3.05, 3.63) is 11.6 Å². The van der Waals surface area contributed by atoms with Crippen LogP contribution in [-0.4, -0.2) is 46.7 Å². The second-order valence-corrected chi connectivity index (χ2v) is 8.44. The van der Waals surface area contributed by atoms with E-state index >= 15 is 0 Å². The number of nitrogens with two attached hydrogens (primary N) is 1. The number of thioether (sulfide) groups is 1. The van der Waals surface area contributed by atoms with Gasteiger partial charge in [-0.3, -0.25) is 4.40 Å². The van der Waals surface area contributed by atoms with Crippen LogP contribution in [0.4, 0.5) is 5.82 Å². The van der Waals surface area contributed by atoms with Crippen LogP contribution in [0.3, 0.4) is 0 Å². The first-order valence-electron chi connectivity index (χ1n) is 6.03. The first-order valence-corrected chi connectivity index (χ1v) is 9.51. The Bertz CT molecular complexity index is 716. The van der Waals surface area contributed by atoms with Crippen molar-refractivity contribution in [2.75, 3.05) is 24.0 Å². The Morgan fingerprint density at radius 1 is 1.60 bits per heavy atom. The van der Waals surface area contributed by atoms with Crippen molar-refractivity contribution >= 4 is 43.9 Å². The number of hydrogen-bond donors (Lipinski definition) is 2. The van der Waals surface area contributed by atoms with E-state index in [4.69, 9.17) is 5.84 Å². The minimum atomic E-state index is -3.63. The number of rotatable bonds is 4. The van der Waals surface area contributed by atoms with Gasteiger partial charge in [0.1, 0.15) is 0 Å². The highest BCUT2D eigenvalue weighted by Gasteiger charge is 2.35. The van der Waals surface area contributed by atoms with Crippen molar-refractivity contribution < 1.29 is 8.42 Å². The monoisotopic (exact) mass is 333 g/mol. The molecule has 7 nitrogen and oxygen atoms in total. The minimum absolute atomic E-state index is 0.0276. The van der Waals surface area contributed by atoms with Crippen LogP contribution in [0.2, 0.25) is 0 Å². The third-order valence-corrected chi connectivity index (χ3v) is 7.23. The summed E-state index contributed by atoms with van der Waals surface area (Å²) < 4.78 is 28.7. The van der Waals surface area contributed by atoms with Crippen LogP contribution in [0.25, 0.3) is 4.96 Å². The molecular weight excluding hydrogens is 318 g/mol. The van der Waals surface area contributed by atoms with Crippen LogP contribution in [0.5, 0.6) is 0 Å². The van der Waals surface area contributed by atoms with Gasteiger partial charge in [-0.1, -0.05) is 0 Å². The largest absolute Gasteiger partial charge is 0.306 e. The van der Waals surface area contributed by atoms with Crippen LogP contribution >= 0.6 is 23.1 Å². The fraction of sp³-hybridized carbons (Fsp3) is 0.500. The molecule has 1 aliphatic rings. The second kappa shape index (κ2) is 5.19. The molecule has 110 valence electrons. The Labute approximate surface area is 125 Å². The van der Waals surface area contributed by atoms with Crippen LogP contribution in [-0.2, 0) is 10.0 Å². The molecule has 0 amide bonds. The van der Waals surface area contributed by atoms with Gasteiger partial charge in [0, 0.05) is 30.4 Å². The molecule has 1 atom stereocenters. The maximum atomic E-state index is 12.8. The molecule has 0 spiro atoms. The molecule has 2 aromatic heterocycles. The zero-order chi connectivity index (χ0) is 14.3. The van der Waals surface area contributed by atoms with Crippen LogP contribution in [0.1, 0.15) is 6.42 Å². The summed E-state index contributed by atoms with van der Waals surface area (Å²) in [5.41, 5.74) is 2.39. The fourth-order valence-corrected chi connectivity index (χ4v) is 5.97. The highest BCUT2D eigenvalue weighted by atomic mass is 32.2. The Morgan fingerprint density at radius 2 is 2.40 bits per heavy atom. The number of hydrogen-bond acceptors (Lipinski definition) is 7. The predicted octanol–water partition coefficient (Wildman–Crippen LogP) is 0.807. The van der Waals surface area contributed by atoms with Gasteiger partial charge < -0.3 is 5.43 Å². The standard InChI is InChI=1S/C10H15N5O2S3/c1-14(7-2-4-18-6-7)20(16,17)9-8(13-11)12-10-15(9)3-5-19-10/h3,5,7,13H,2,4,6,11H2,1H3. The predicted molar refractivity (Wildman–Crippen MR) is 81.6 cm³/mol. The van der Waals surface area contributed by atoms with Gasteiger partial charge in [0.15, 0.2) is 10.8 Å². The Kier molecular flexibility index (Phi) is 3.67. The van der Waals surface area contributed by atoms with Gasteiger partial charge in [0.25, 0.3) is 10.0 Å². The van der Waals surface area contributed by atoms with E-state index in [9.17, 15) is 8.42 Å². The summed E-state index contributed by atoms with van der Waals surface area (Å²) in [6.45, 7) is 0. The summed E-state index contributed by atoms with van der Waals surface area (Å²) >= 11 is 3.14. The quantitative estimate of drug-likeness (QED) is 0.635. The molecule has 0 aliphatic carbocycles. The summed E-state index contributed by atoms with van der Waals surface area (Å²) in [5, 5.41) is 1.91. The number of nitrogens with zero attached hydrogens (tertiary/aromatic N) is 3. The van der Waals surface area contributed by atoms with E-state index in [2.05, 4.69) is 10.4 Å². The van der Waals surface area contributed by atoms with Crippen molar-refractivity contribution in [1.29, 1.82) is 0 Å². The molecule has 1 unspecified atom stereocenters. The molecule has 10 heteroatoms. The van der Waals surface area contributed by atoms with E-state index in [1.54, 1.807) is 34.8 Å². The second-order valence-electron chi connectivity index (χ2n) is 4.50. The Balaban J connectivity index is 2.10. The maximum absolute atomic E-state index is 12.8. The third-order valence-electron chi connectivity index (χ3n) is 3.40. The molecule has 0 bridgehead atoms.